The third kappa shape index (κ3) is 5.12. The van der Waals surface area contributed by atoms with Gasteiger partial charge >= 0.3 is 0 Å². The van der Waals surface area contributed by atoms with Gasteiger partial charge in [-0.05, 0) is 44.4 Å². The summed E-state index contributed by atoms with van der Waals surface area (Å²) in [5.74, 6) is 0.607. The number of fused-ring (bicyclic) bond motifs is 1. The molecule has 3 aromatic heterocycles. The zero-order chi connectivity index (χ0) is 27.7. The van der Waals surface area contributed by atoms with Gasteiger partial charge in [0.2, 0.25) is 5.95 Å². The van der Waals surface area contributed by atoms with Crippen LogP contribution in [0.25, 0.3) is 11.0 Å². The normalized spacial score (nSPS) is 17.7. The molecule has 1 saturated carbocycles. The summed E-state index contributed by atoms with van der Waals surface area (Å²) in [6.45, 7) is 4.23. The van der Waals surface area contributed by atoms with Crippen LogP contribution >= 0.6 is 0 Å². The van der Waals surface area contributed by atoms with E-state index in [1.807, 2.05) is 12.1 Å². The Morgan fingerprint density at radius 2 is 1.82 bits per heavy atom. The van der Waals surface area contributed by atoms with E-state index in [-0.39, 0.29) is 35.8 Å². The van der Waals surface area contributed by atoms with Crippen LogP contribution in [0.5, 0.6) is 0 Å². The fraction of sp³-hybridized carbons (Fsp3) is 0.536. The largest absolute Gasteiger partial charge is 0.370 e. The minimum atomic E-state index is -1.52. The molecule has 0 radical (unpaired) electrons. The molecule has 5 rings (SSSR count). The highest BCUT2D eigenvalue weighted by atomic mass is 19.1. The maximum atomic E-state index is 15.2. The molecule has 1 aliphatic carbocycles. The topological polar surface area (TPSA) is 111 Å². The van der Waals surface area contributed by atoms with E-state index in [0.29, 0.717) is 41.5 Å². The Kier molecular flexibility index (Phi) is 7.64. The fourth-order valence-electron chi connectivity index (χ4n) is 5.96. The van der Waals surface area contributed by atoms with E-state index < -0.39 is 12.0 Å². The van der Waals surface area contributed by atoms with Crippen molar-refractivity contribution in [2.75, 3.05) is 37.5 Å². The standard InChI is InChI=1S/C28H35FN6O4/c1-17-21-16-31-27(33-24(21)35(19-7-5-6-8-19)25(37)23(17)18(2)36)32-22-10-9-20(15-30-22)34-13-11-28(29,12-14-34)26(38-3)39-4/h9-10,15-16,19,26H,5-8,11-14H2,1-4H3,(H,30,31,32,33). The number of halogens is 1. The number of carbonyl (C=O) groups excluding carboxylic acids is 1. The minimum absolute atomic E-state index is 0.00881. The average Bonchev–Trinajstić information content (AvgIpc) is 3.44. The molecule has 11 heteroatoms. The molecule has 0 spiro atoms. The predicted octanol–water partition coefficient (Wildman–Crippen LogP) is 4.48. The summed E-state index contributed by atoms with van der Waals surface area (Å²) in [6, 6.07) is 3.75. The van der Waals surface area contributed by atoms with Crippen molar-refractivity contribution in [1.29, 1.82) is 0 Å². The van der Waals surface area contributed by atoms with Crippen LogP contribution in [0.1, 0.15) is 67.4 Å². The molecule has 4 heterocycles. The van der Waals surface area contributed by atoms with Gasteiger partial charge in [0.05, 0.1) is 17.4 Å². The van der Waals surface area contributed by atoms with Crippen LogP contribution in [-0.4, -0.2) is 64.6 Å². The van der Waals surface area contributed by atoms with E-state index in [4.69, 9.17) is 14.5 Å². The summed E-state index contributed by atoms with van der Waals surface area (Å²) in [6.07, 6.45) is 6.93. The number of methoxy groups -OCH3 is 2. The lowest BCUT2D eigenvalue weighted by molar-refractivity contribution is -0.191. The molecule has 1 aliphatic heterocycles. The number of carbonyl (C=O) groups is 1. The molecular weight excluding hydrogens is 503 g/mol. The molecule has 2 fully saturated rings. The van der Waals surface area contributed by atoms with E-state index in [1.54, 1.807) is 23.9 Å². The number of alkyl halides is 1. The summed E-state index contributed by atoms with van der Waals surface area (Å²) in [5, 5.41) is 3.83. The van der Waals surface area contributed by atoms with Crippen molar-refractivity contribution in [3.8, 4) is 0 Å². The number of Topliss-reactive ketones (excluding diaryl/α,β-unsaturated/α-hetero) is 1. The van der Waals surface area contributed by atoms with Gasteiger partial charge < -0.3 is 19.7 Å². The molecule has 3 aromatic rings. The van der Waals surface area contributed by atoms with Crippen molar-refractivity contribution >= 4 is 34.3 Å². The molecule has 0 atom stereocenters. The van der Waals surface area contributed by atoms with Gasteiger partial charge in [0, 0.05) is 57.8 Å². The summed E-state index contributed by atoms with van der Waals surface area (Å²) in [7, 11) is 2.91. The summed E-state index contributed by atoms with van der Waals surface area (Å²) < 4.78 is 27.2. The van der Waals surface area contributed by atoms with Gasteiger partial charge in [0.1, 0.15) is 11.5 Å². The monoisotopic (exact) mass is 538 g/mol. The highest BCUT2D eigenvalue weighted by Gasteiger charge is 2.43. The van der Waals surface area contributed by atoms with Crippen LogP contribution < -0.4 is 15.8 Å². The Morgan fingerprint density at radius 3 is 2.41 bits per heavy atom. The number of nitrogens with one attached hydrogen (secondary N) is 1. The molecule has 0 unspecified atom stereocenters. The highest BCUT2D eigenvalue weighted by molar-refractivity contribution is 5.99. The number of anilines is 3. The highest BCUT2D eigenvalue weighted by Crippen LogP contribution is 2.34. The first-order valence-corrected chi connectivity index (χ1v) is 13.4. The Labute approximate surface area is 226 Å². The van der Waals surface area contributed by atoms with E-state index in [1.165, 1.54) is 21.1 Å². The molecule has 1 N–H and O–H groups in total. The summed E-state index contributed by atoms with van der Waals surface area (Å²) >= 11 is 0. The summed E-state index contributed by atoms with van der Waals surface area (Å²) in [5.41, 5.74) is 0.414. The number of ether oxygens (including phenoxy) is 2. The lowest BCUT2D eigenvalue weighted by Crippen LogP contribution is -2.50. The second kappa shape index (κ2) is 11.0. The molecule has 0 amide bonds. The SMILES string of the molecule is COC(OC)C1(F)CCN(c2ccc(Nc3ncc4c(C)c(C(C)=O)c(=O)n(C5CCCC5)c4n3)nc2)CC1. The zero-order valence-electron chi connectivity index (χ0n) is 22.9. The maximum absolute atomic E-state index is 15.2. The van der Waals surface area contributed by atoms with E-state index >= 15 is 4.39 Å². The van der Waals surface area contributed by atoms with Crippen molar-refractivity contribution < 1.29 is 18.7 Å². The van der Waals surface area contributed by atoms with Gasteiger partial charge in [-0.1, -0.05) is 12.8 Å². The first-order chi connectivity index (χ1) is 18.8. The fourth-order valence-corrected chi connectivity index (χ4v) is 5.96. The van der Waals surface area contributed by atoms with Crippen LogP contribution in [-0.2, 0) is 9.47 Å². The van der Waals surface area contributed by atoms with Crippen molar-refractivity contribution in [2.24, 2.45) is 0 Å². The number of aromatic nitrogens is 4. The first-order valence-electron chi connectivity index (χ1n) is 13.4. The Morgan fingerprint density at radius 1 is 1.13 bits per heavy atom. The van der Waals surface area contributed by atoms with E-state index in [9.17, 15) is 9.59 Å². The molecule has 2 aliphatic rings. The molecule has 0 aromatic carbocycles. The quantitative estimate of drug-likeness (QED) is 0.328. The smallest absolute Gasteiger partial charge is 0.263 e. The third-order valence-corrected chi connectivity index (χ3v) is 8.05. The van der Waals surface area contributed by atoms with Crippen LogP contribution in [0.4, 0.5) is 21.8 Å². The number of hydrogen-bond donors (Lipinski definition) is 1. The molecule has 208 valence electrons. The number of piperidine rings is 1. The molecule has 0 bridgehead atoms. The molecule has 1 saturated heterocycles. The molecular formula is C28H35FN6O4. The molecule has 10 nitrogen and oxygen atoms in total. The second-order valence-corrected chi connectivity index (χ2v) is 10.5. The first kappa shape index (κ1) is 27.1. The van der Waals surface area contributed by atoms with Gasteiger partial charge in [-0.25, -0.2) is 14.4 Å². The van der Waals surface area contributed by atoms with Crippen molar-refractivity contribution in [3.63, 3.8) is 0 Å². The van der Waals surface area contributed by atoms with Crippen LogP contribution in [0, 0.1) is 6.92 Å². The van der Waals surface area contributed by atoms with Gasteiger partial charge in [0.15, 0.2) is 17.7 Å². The predicted molar refractivity (Wildman–Crippen MR) is 147 cm³/mol. The maximum Gasteiger partial charge on any atom is 0.263 e. The Bertz CT molecular complexity index is 1410. The van der Waals surface area contributed by atoms with E-state index in [2.05, 4.69) is 20.2 Å². The lowest BCUT2D eigenvalue weighted by Gasteiger charge is -2.40. The van der Waals surface area contributed by atoms with Gasteiger partial charge in [-0.3, -0.25) is 14.2 Å². The third-order valence-electron chi connectivity index (χ3n) is 8.05. The van der Waals surface area contributed by atoms with Gasteiger partial charge in [-0.15, -0.1) is 0 Å². The number of hydrogen-bond acceptors (Lipinski definition) is 9. The lowest BCUT2D eigenvalue weighted by atomic mass is 9.92. The van der Waals surface area contributed by atoms with Crippen molar-refractivity contribution in [1.82, 2.24) is 19.5 Å². The van der Waals surface area contributed by atoms with Gasteiger partial charge in [-0.2, -0.15) is 4.98 Å². The van der Waals surface area contributed by atoms with Crippen LogP contribution in [0.3, 0.4) is 0 Å². The second-order valence-electron chi connectivity index (χ2n) is 10.5. The Balaban J connectivity index is 1.37. The Hall–Kier alpha value is -3.44. The minimum Gasteiger partial charge on any atom is -0.370 e. The number of ketones is 1. The zero-order valence-corrected chi connectivity index (χ0v) is 22.9. The van der Waals surface area contributed by atoms with Crippen LogP contribution in [0.15, 0.2) is 29.3 Å². The van der Waals surface area contributed by atoms with Gasteiger partial charge in [0.25, 0.3) is 5.56 Å². The van der Waals surface area contributed by atoms with Crippen molar-refractivity contribution in [3.05, 3.63) is 46.0 Å². The number of rotatable bonds is 8. The van der Waals surface area contributed by atoms with E-state index in [0.717, 1.165) is 31.4 Å². The van der Waals surface area contributed by atoms with Crippen LogP contribution in [0.2, 0.25) is 0 Å². The number of aryl methyl sites for hydroxylation is 1. The number of nitrogens with zero attached hydrogens (tertiary/aromatic N) is 5. The number of pyridine rings is 2. The molecule has 39 heavy (non-hydrogen) atoms. The van der Waals surface area contributed by atoms with Crippen molar-refractivity contribution in [2.45, 2.75) is 70.4 Å². The average molecular weight is 539 g/mol. The summed E-state index contributed by atoms with van der Waals surface area (Å²) in [4.78, 5) is 41.5.